The van der Waals surface area contributed by atoms with E-state index < -0.39 is 0 Å². The van der Waals surface area contributed by atoms with E-state index in [9.17, 15) is 4.79 Å². The molecule has 0 spiro atoms. The number of hydrogen-bond acceptors (Lipinski definition) is 3. The Hall–Kier alpha value is -2.10. The fraction of sp³-hybridized carbons (Fsp3) is 0.375. The van der Waals surface area contributed by atoms with Gasteiger partial charge in [0, 0.05) is 18.2 Å². The van der Waals surface area contributed by atoms with Gasteiger partial charge in [0.2, 0.25) is 0 Å². The van der Waals surface area contributed by atoms with Gasteiger partial charge >= 0.3 is 5.97 Å². The first-order valence-corrected chi connectivity index (χ1v) is 6.91. The number of nitrogens with zero attached hydrogens (tertiary/aromatic N) is 2. The lowest BCUT2D eigenvalue weighted by molar-refractivity contribution is -0.145. The SMILES string of the molecule is COC(=O)C1CCCc2nc(-c3ccc(C)cc3)cn21. The van der Waals surface area contributed by atoms with Crippen molar-refractivity contribution >= 4 is 5.97 Å². The summed E-state index contributed by atoms with van der Waals surface area (Å²) in [6, 6.07) is 8.06. The number of ether oxygens (including phenoxy) is 1. The number of aryl methyl sites for hydroxylation is 2. The highest BCUT2D eigenvalue weighted by Crippen LogP contribution is 2.29. The lowest BCUT2D eigenvalue weighted by Gasteiger charge is -2.22. The molecular weight excluding hydrogens is 252 g/mol. The first-order chi connectivity index (χ1) is 9.69. The summed E-state index contributed by atoms with van der Waals surface area (Å²) < 4.78 is 6.87. The van der Waals surface area contributed by atoms with E-state index in [1.807, 2.05) is 10.8 Å². The molecule has 1 aromatic heterocycles. The summed E-state index contributed by atoms with van der Waals surface area (Å²) in [6.07, 6.45) is 4.69. The summed E-state index contributed by atoms with van der Waals surface area (Å²) in [5.74, 6) is 0.793. The Bertz CT molecular complexity index is 628. The summed E-state index contributed by atoms with van der Waals surface area (Å²) >= 11 is 0. The van der Waals surface area contributed by atoms with Crippen molar-refractivity contribution in [3.63, 3.8) is 0 Å². The van der Waals surface area contributed by atoms with Crippen LogP contribution in [0.2, 0.25) is 0 Å². The highest BCUT2D eigenvalue weighted by Gasteiger charge is 2.28. The van der Waals surface area contributed by atoms with Gasteiger partial charge < -0.3 is 9.30 Å². The second-order valence-corrected chi connectivity index (χ2v) is 5.25. The van der Waals surface area contributed by atoms with Crippen LogP contribution in [0.5, 0.6) is 0 Å². The molecule has 20 heavy (non-hydrogen) atoms. The van der Waals surface area contributed by atoms with E-state index in [0.29, 0.717) is 0 Å². The molecule has 0 amide bonds. The number of carbonyl (C=O) groups excluding carboxylic acids is 1. The number of hydrogen-bond donors (Lipinski definition) is 0. The summed E-state index contributed by atoms with van der Waals surface area (Å²) in [5.41, 5.74) is 3.24. The van der Waals surface area contributed by atoms with Crippen LogP contribution in [0.3, 0.4) is 0 Å². The third kappa shape index (κ3) is 2.22. The van der Waals surface area contributed by atoms with E-state index in [-0.39, 0.29) is 12.0 Å². The molecule has 4 heteroatoms. The molecule has 1 aliphatic rings. The summed E-state index contributed by atoms with van der Waals surface area (Å²) in [5, 5.41) is 0. The normalized spacial score (nSPS) is 17.6. The van der Waals surface area contributed by atoms with Crippen molar-refractivity contribution in [3.05, 3.63) is 41.9 Å². The van der Waals surface area contributed by atoms with Crippen LogP contribution < -0.4 is 0 Å². The van der Waals surface area contributed by atoms with Crippen molar-refractivity contribution in [1.82, 2.24) is 9.55 Å². The van der Waals surface area contributed by atoms with Gasteiger partial charge in [-0.05, 0) is 19.8 Å². The van der Waals surface area contributed by atoms with Crippen molar-refractivity contribution < 1.29 is 9.53 Å². The smallest absolute Gasteiger partial charge is 0.328 e. The van der Waals surface area contributed by atoms with E-state index in [0.717, 1.165) is 36.3 Å². The van der Waals surface area contributed by atoms with Crippen LogP contribution in [-0.2, 0) is 16.0 Å². The second-order valence-electron chi connectivity index (χ2n) is 5.25. The molecule has 0 fully saturated rings. The van der Waals surface area contributed by atoms with Gasteiger partial charge in [-0.1, -0.05) is 29.8 Å². The second kappa shape index (κ2) is 5.12. The fourth-order valence-corrected chi connectivity index (χ4v) is 2.71. The molecular formula is C16H18N2O2. The van der Waals surface area contributed by atoms with Gasteiger partial charge in [-0.3, -0.25) is 0 Å². The number of fused-ring (bicyclic) bond motifs is 1. The molecule has 3 rings (SSSR count). The highest BCUT2D eigenvalue weighted by atomic mass is 16.5. The van der Waals surface area contributed by atoms with Gasteiger partial charge in [0.15, 0.2) is 0 Å². The number of rotatable bonds is 2. The maximum absolute atomic E-state index is 11.8. The quantitative estimate of drug-likeness (QED) is 0.788. The standard InChI is InChI=1S/C16H18N2O2/c1-11-6-8-12(9-7-11)13-10-18-14(16(19)20-2)4-3-5-15(18)17-13/h6-10,14H,3-5H2,1-2H3. The number of benzene rings is 1. The van der Waals surface area contributed by atoms with Crippen LogP contribution in [0.1, 0.15) is 30.3 Å². The van der Waals surface area contributed by atoms with E-state index in [2.05, 4.69) is 36.2 Å². The van der Waals surface area contributed by atoms with Crippen molar-refractivity contribution in [2.45, 2.75) is 32.2 Å². The Labute approximate surface area is 118 Å². The third-order valence-corrected chi connectivity index (χ3v) is 3.84. The van der Waals surface area contributed by atoms with Crippen LogP contribution in [0.15, 0.2) is 30.5 Å². The van der Waals surface area contributed by atoms with Crippen LogP contribution in [-0.4, -0.2) is 22.6 Å². The van der Waals surface area contributed by atoms with E-state index >= 15 is 0 Å². The minimum atomic E-state index is -0.226. The minimum absolute atomic E-state index is 0.182. The van der Waals surface area contributed by atoms with Gasteiger partial charge in [0.1, 0.15) is 11.9 Å². The zero-order chi connectivity index (χ0) is 14.1. The Morgan fingerprint density at radius 1 is 1.35 bits per heavy atom. The Morgan fingerprint density at radius 3 is 2.80 bits per heavy atom. The molecule has 4 nitrogen and oxygen atoms in total. The van der Waals surface area contributed by atoms with Crippen molar-refractivity contribution in [1.29, 1.82) is 0 Å². The molecule has 0 aliphatic carbocycles. The predicted octanol–water partition coefficient (Wildman–Crippen LogP) is 2.91. The summed E-state index contributed by atoms with van der Waals surface area (Å²) in [7, 11) is 1.44. The fourth-order valence-electron chi connectivity index (χ4n) is 2.71. The van der Waals surface area contributed by atoms with Crippen LogP contribution in [0.25, 0.3) is 11.3 Å². The topological polar surface area (TPSA) is 44.1 Å². The molecule has 0 saturated heterocycles. The van der Waals surface area contributed by atoms with Crippen molar-refractivity contribution in [2.75, 3.05) is 7.11 Å². The molecule has 1 aromatic carbocycles. The Morgan fingerprint density at radius 2 is 2.10 bits per heavy atom. The molecule has 104 valence electrons. The van der Waals surface area contributed by atoms with Crippen molar-refractivity contribution in [3.8, 4) is 11.3 Å². The third-order valence-electron chi connectivity index (χ3n) is 3.84. The van der Waals surface area contributed by atoms with Gasteiger partial charge in [-0.2, -0.15) is 0 Å². The maximum atomic E-state index is 11.8. The van der Waals surface area contributed by atoms with E-state index in [1.165, 1.54) is 12.7 Å². The Balaban J connectivity index is 1.99. The number of methoxy groups -OCH3 is 1. The number of esters is 1. The molecule has 1 aliphatic heterocycles. The summed E-state index contributed by atoms with van der Waals surface area (Å²) in [6.45, 7) is 2.06. The lowest BCUT2D eigenvalue weighted by Crippen LogP contribution is -2.25. The average Bonchev–Trinajstić information content (AvgIpc) is 2.91. The van der Waals surface area contributed by atoms with Crippen LogP contribution >= 0.6 is 0 Å². The number of imidazole rings is 1. The minimum Gasteiger partial charge on any atom is -0.467 e. The molecule has 0 bridgehead atoms. The average molecular weight is 270 g/mol. The number of aromatic nitrogens is 2. The molecule has 0 radical (unpaired) electrons. The lowest BCUT2D eigenvalue weighted by atomic mass is 10.1. The molecule has 2 heterocycles. The highest BCUT2D eigenvalue weighted by molar-refractivity contribution is 5.74. The van der Waals surface area contributed by atoms with E-state index in [4.69, 9.17) is 4.74 Å². The molecule has 0 saturated carbocycles. The first kappa shape index (κ1) is 12.9. The first-order valence-electron chi connectivity index (χ1n) is 6.91. The zero-order valence-electron chi connectivity index (χ0n) is 11.8. The molecule has 1 atom stereocenters. The van der Waals surface area contributed by atoms with Crippen molar-refractivity contribution in [2.24, 2.45) is 0 Å². The zero-order valence-corrected chi connectivity index (χ0v) is 11.8. The monoisotopic (exact) mass is 270 g/mol. The number of carbonyl (C=O) groups is 1. The van der Waals surface area contributed by atoms with Gasteiger partial charge in [-0.15, -0.1) is 0 Å². The van der Waals surface area contributed by atoms with Gasteiger partial charge in [0.25, 0.3) is 0 Å². The largest absolute Gasteiger partial charge is 0.467 e. The molecule has 1 unspecified atom stereocenters. The predicted molar refractivity (Wildman–Crippen MR) is 76.4 cm³/mol. The maximum Gasteiger partial charge on any atom is 0.328 e. The van der Waals surface area contributed by atoms with Crippen LogP contribution in [0.4, 0.5) is 0 Å². The van der Waals surface area contributed by atoms with E-state index in [1.54, 1.807) is 0 Å². The Kier molecular flexibility index (Phi) is 3.30. The molecule has 0 N–H and O–H groups in total. The molecule has 2 aromatic rings. The van der Waals surface area contributed by atoms with Gasteiger partial charge in [-0.25, -0.2) is 9.78 Å². The van der Waals surface area contributed by atoms with Gasteiger partial charge in [0.05, 0.1) is 12.8 Å². The van der Waals surface area contributed by atoms with Crippen LogP contribution in [0, 0.1) is 6.92 Å². The summed E-state index contributed by atoms with van der Waals surface area (Å²) in [4.78, 5) is 16.5.